The van der Waals surface area contributed by atoms with Crippen LogP contribution in [0.25, 0.3) is 33.4 Å². The van der Waals surface area contributed by atoms with Crippen LogP contribution in [0.15, 0.2) is 66.9 Å². The molecule has 5 rings (SSSR count). The van der Waals surface area contributed by atoms with Crippen molar-refractivity contribution in [3.63, 3.8) is 0 Å². The topological polar surface area (TPSA) is 0 Å². The molecule has 2 aromatic carbocycles. The summed E-state index contributed by atoms with van der Waals surface area (Å²) in [6.07, 6.45) is 18.6. The second-order valence-corrected chi connectivity index (χ2v) is 16.3. The molecule has 0 atom stereocenters. The van der Waals surface area contributed by atoms with Crippen LogP contribution in [-0.4, -0.2) is 0 Å². The van der Waals surface area contributed by atoms with E-state index in [1.165, 1.54) is 131 Å². The highest BCUT2D eigenvalue weighted by atomic mass is 79.9. The van der Waals surface area contributed by atoms with Gasteiger partial charge in [-0.15, -0.1) is 22.7 Å². The minimum Gasteiger partial charge on any atom is -0.136 e. The van der Waals surface area contributed by atoms with E-state index in [1.807, 2.05) is 0 Å². The average Bonchev–Trinajstić information content (AvgIpc) is 3.68. The Hall–Kier alpha value is -1.20. The SMILES string of the molecule is CCCCCCCCC1(CCCCCCCC)c2cc(-c3ccsc3Br)ccc2-c2ccc(-c3ccsc3Br)cc21. The van der Waals surface area contributed by atoms with Crippen molar-refractivity contribution in [1.82, 2.24) is 0 Å². The molecule has 2 heterocycles. The number of fused-ring (bicyclic) bond motifs is 3. The minimum absolute atomic E-state index is 0.0806. The van der Waals surface area contributed by atoms with Crippen molar-refractivity contribution in [2.24, 2.45) is 0 Å². The zero-order valence-electron chi connectivity index (χ0n) is 24.7. The lowest BCUT2D eigenvalue weighted by atomic mass is 9.70. The van der Waals surface area contributed by atoms with Gasteiger partial charge in [0, 0.05) is 16.5 Å². The molecule has 0 aliphatic heterocycles. The van der Waals surface area contributed by atoms with E-state index in [0.29, 0.717) is 0 Å². The summed E-state index contributed by atoms with van der Waals surface area (Å²) in [6.45, 7) is 4.63. The molecule has 1 aliphatic carbocycles. The van der Waals surface area contributed by atoms with Gasteiger partial charge in [0.25, 0.3) is 0 Å². The number of hydrogen-bond acceptors (Lipinski definition) is 2. The van der Waals surface area contributed by atoms with Crippen LogP contribution in [0.2, 0.25) is 0 Å². The van der Waals surface area contributed by atoms with Gasteiger partial charge in [-0.2, -0.15) is 0 Å². The summed E-state index contributed by atoms with van der Waals surface area (Å²) >= 11 is 11.2. The maximum atomic E-state index is 3.84. The van der Waals surface area contributed by atoms with Gasteiger partial charge in [0.2, 0.25) is 0 Å². The summed E-state index contributed by atoms with van der Waals surface area (Å²) in [6, 6.07) is 19.2. The Morgan fingerprint density at radius 1 is 0.512 bits per heavy atom. The summed E-state index contributed by atoms with van der Waals surface area (Å²) in [4.78, 5) is 0. The van der Waals surface area contributed by atoms with Crippen LogP contribution < -0.4 is 0 Å². The monoisotopic (exact) mass is 710 g/mol. The Morgan fingerprint density at radius 2 is 0.927 bits per heavy atom. The van der Waals surface area contributed by atoms with E-state index in [-0.39, 0.29) is 5.41 Å². The highest BCUT2D eigenvalue weighted by Crippen LogP contribution is 2.56. The highest BCUT2D eigenvalue weighted by molar-refractivity contribution is 9.11. The summed E-state index contributed by atoms with van der Waals surface area (Å²) < 4.78 is 2.46. The molecule has 0 saturated heterocycles. The fraction of sp³-hybridized carbons (Fsp3) is 0.459. The lowest BCUT2D eigenvalue weighted by Gasteiger charge is -2.33. The Balaban J connectivity index is 1.56. The Labute approximate surface area is 273 Å². The van der Waals surface area contributed by atoms with Gasteiger partial charge in [0.1, 0.15) is 0 Å². The molecule has 1 aliphatic rings. The molecule has 0 nitrogen and oxygen atoms in total. The van der Waals surface area contributed by atoms with Crippen LogP contribution in [0.1, 0.15) is 115 Å². The average molecular weight is 713 g/mol. The third-order valence-electron chi connectivity index (χ3n) is 9.13. The van der Waals surface area contributed by atoms with Gasteiger partial charge in [-0.05, 0) is 113 Å². The smallest absolute Gasteiger partial charge is 0.0776 e. The number of thiophene rings is 2. The Morgan fingerprint density at radius 3 is 1.32 bits per heavy atom. The summed E-state index contributed by atoms with van der Waals surface area (Å²) in [5.41, 5.74) is 11.5. The summed E-state index contributed by atoms with van der Waals surface area (Å²) in [7, 11) is 0. The normalized spacial score (nSPS) is 13.5. The summed E-state index contributed by atoms with van der Waals surface area (Å²) in [5.74, 6) is 0. The van der Waals surface area contributed by atoms with Crippen molar-refractivity contribution >= 4 is 54.5 Å². The van der Waals surface area contributed by atoms with E-state index in [9.17, 15) is 0 Å². The number of hydrogen-bond donors (Lipinski definition) is 0. The van der Waals surface area contributed by atoms with Crippen molar-refractivity contribution in [3.05, 3.63) is 78.0 Å². The molecule has 0 N–H and O–H groups in total. The molecule has 218 valence electrons. The van der Waals surface area contributed by atoms with Gasteiger partial charge < -0.3 is 0 Å². The maximum absolute atomic E-state index is 3.84. The zero-order chi connectivity index (χ0) is 28.7. The van der Waals surface area contributed by atoms with Gasteiger partial charge >= 0.3 is 0 Å². The van der Waals surface area contributed by atoms with Gasteiger partial charge in [0.15, 0.2) is 0 Å². The fourth-order valence-electron chi connectivity index (χ4n) is 6.91. The van der Waals surface area contributed by atoms with Crippen LogP contribution in [0.3, 0.4) is 0 Å². The molecule has 0 unspecified atom stereocenters. The maximum Gasteiger partial charge on any atom is 0.0776 e. The van der Waals surface area contributed by atoms with Crippen molar-refractivity contribution in [2.75, 3.05) is 0 Å². The molecule has 4 aromatic rings. The molecule has 0 amide bonds. The van der Waals surface area contributed by atoms with E-state index in [4.69, 9.17) is 0 Å². The van der Waals surface area contributed by atoms with Gasteiger partial charge in [0.05, 0.1) is 7.57 Å². The van der Waals surface area contributed by atoms with Crippen molar-refractivity contribution in [3.8, 4) is 33.4 Å². The first-order valence-corrected chi connectivity index (χ1v) is 19.2. The van der Waals surface area contributed by atoms with Crippen LogP contribution >= 0.6 is 54.5 Å². The molecule has 0 spiro atoms. The number of unbranched alkanes of at least 4 members (excludes halogenated alkanes) is 10. The van der Waals surface area contributed by atoms with Crippen LogP contribution in [0.4, 0.5) is 0 Å². The molecular weight excluding hydrogens is 668 g/mol. The first-order valence-electron chi connectivity index (χ1n) is 15.8. The van der Waals surface area contributed by atoms with E-state index < -0.39 is 0 Å². The van der Waals surface area contributed by atoms with Crippen molar-refractivity contribution in [2.45, 2.75) is 109 Å². The minimum atomic E-state index is 0.0806. The van der Waals surface area contributed by atoms with Crippen LogP contribution in [-0.2, 0) is 5.41 Å². The predicted molar refractivity (Wildman–Crippen MR) is 191 cm³/mol. The largest absolute Gasteiger partial charge is 0.136 e. The third-order valence-corrected chi connectivity index (χ3v) is 12.5. The molecule has 0 radical (unpaired) electrons. The van der Waals surface area contributed by atoms with Crippen molar-refractivity contribution < 1.29 is 0 Å². The summed E-state index contributed by atoms with van der Waals surface area (Å²) in [5, 5.41) is 4.40. The van der Waals surface area contributed by atoms with Crippen LogP contribution in [0, 0.1) is 0 Å². The van der Waals surface area contributed by atoms with E-state index in [1.54, 1.807) is 33.8 Å². The second kappa shape index (κ2) is 15.0. The quantitative estimate of drug-likeness (QED) is 0.101. The molecule has 41 heavy (non-hydrogen) atoms. The Bertz CT molecular complexity index is 1300. The second-order valence-electron chi connectivity index (χ2n) is 11.9. The third kappa shape index (κ3) is 6.97. The Kier molecular flexibility index (Phi) is 11.4. The van der Waals surface area contributed by atoms with Crippen LogP contribution in [0.5, 0.6) is 0 Å². The van der Waals surface area contributed by atoms with E-state index in [2.05, 4.69) is 105 Å². The molecule has 2 aromatic heterocycles. The molecule has 0 bridgehead atoms. The first kappa shape index (κ1) is 31.2. The molecule has 0 fully saturated rings. The highest BCUT2D eigenvalue weighted by Gasteiger charge is 2.42. The van der Waals surface area contributed by atoms with Gasteiger partial charge in [-0.1, -0.05) is 115 Å². The molecular formula is C37H44Br2S2. The van der Waals surface area contributed by atoms with E-state index >= 15 is 0 Å². The number of benzene rings is 2. The lowest BCUT2D eigenvalue weighted by Crippen LogP contribution is -2.25. The zero-order valence-corrected chi connectivity index (χ0v) is 29.6. The van der Waals surface area contributed by atoms with E-state index in [0.717, 1.165) is 0 Å². The molecule has 0 saturated carbocycles. The predicted octanol–water partition coefficient (Wildman–Crippen LogP) is 14.4. The standard InChI is InChI=1S/C37H44Br2S2/c1-3-5-7-9-11-13-21-37(22-14-12-10-8-6-4-2)33-25-27(29-19-23-40-35(29)38)15-17-31(33)32-18-16-28(26-34(32)37)30-20-24-41-36(30)39/h15-20,23-26H,3-14,21-22H2,1-2H3. The number of halogens is 2. The van der Waals surface area contributed by atoms with Gasteiger partial charge in [-0.25, -0.2) is 0 Å². The van der Waals surface area contributed by atoms with Crippen molar-refractivity contribution in [1.29, 1.82) is 0 Å². The first-order chi connectivity index (χ1) is 20.1. The molecule has 4 heteroatoms. The fourth-order valence-corrected chi connectivity index (χ4v) is 9.55. The van der Waals surface area contributed by atoms with Gasteiger partial charge in [-0.3, -0.25) is 0 Å². The lowest BCUT2D eigenvalue weighted by molar-refractivity contribution is 0.398. The number of rotatable bonds is 16.